The largest absolute Gasteiger partial charge is 0.465 e. The van der Waals surface area contributed by atoms with E-state index in [-0.39, 0.29) is 36.2 Å². The molecule has 6 atom stereocenters. The highest BCUT2D eigenvalue weighted by Crippen LogP contribution is 2.50. The number of carbonyl (C=O) groups is 4. The third-order valence-corrected chi connectivity index (χ3v) is 15.7. The fourth-order valence-corrected chi connectivity index (χ4v) is 11.8. The molecule has 6 heteroatoms. The minimum atomic E-state index is -0.330. The second kappa shape index (κ2) is 40.2. The molecule has 0 saturated heterocycles. The molecule has 0 heterocycles. The number of Topliss-reactive ketones (excluding diaryl/α,β-unsaturated/α-hetero) is 2. The number of hydrogen-bond donors (Lipinski definition) is 0. The molecular formula is C64H104O6. The summed E-state index contributed by atoms with van der Waals surface area (Å²) in [5, 5.41) is 0. The monoisotopic (exact) mass is 969 g/mol. The van der Waals surface area contributed by atoms with Gasteiger partial charge in [0.1, 0.15) is 17.7 Å². The van der Waals surface area contributed by atoms with Crippen LogP contribution in [0.15, 0.2) is 60.7 Å². The van der Waals surface area contributed by atoms with Crippen molar-refractivity contribution in [2.75, 3.05) is 6.61 Å². The number of benzene rings is 2. The van der Waals surface area contributed by atoms with Gasteiger partial charge in [0, 0.05) is 25.2 Å². The third-order valence-electron chi connectivity index (χ3n) is 15.7. The molecule has 396 valence electrons. The third kappa shape index (κ3) is 27.5. The number of ketones is 2. The van der Waals surface area contributed by atoms with Crippen molar-refractivity contribution in [3.05, 3.63) is 71.8 Å². The molecular weight excluding hydrogens is 865 g/mol. The van der Waals surface area contributed by atoms with E-state index in [9.17, 15) is 19.2 Å². The van der Waals surface area contributed by atoms with E-state index in [0.717, 1.165) is 87.7 Å². The molecule has 0 aromatic heterocycles. The topological polar surface area (TPSA) is 86.7 Å². The Morgan fingerprint density at radius 2 is 0.971 bits per heavy atom. The molecule has 1 aliphatic rings. The minimum absolute atomic E-state index is 0.163. The number of hydrogen-bond acceptors (Lipinski definition) is 6. The lowest BCUT2D eigenvalue weighted by Crippen LogP contribution is -2.42. The van der Waals surface area contributed by atoms with Crippen molar-refractivity contribution in [2.24, 2.45) is 29.6 Å². The Morgan fingerprint density at radius 1 is 0.486 bits per heavy atom. The van der Waals surface area contributed by atoms with Gasteiger partial charge in [0.25, 0.3) is 0 Å². The van der Waals surface area contributed by atoms with E-state index in [1.165, 1.54) is 135 Å². The molecule has 6 nitrogen and oxygen atoms in total. The highest BCUT2D eigenvalue weighted by Gasteiger charge is 2.44. The number of unbranched alkanes of at least 4 members (excludes halogenated alkanes) is 19. The lowest BCUT2D eigenvalue weighted by molar-refractivity contribution is -0.150. The number of esters is 2. The molecule has 2 aromatic rings. The van der Waals surface area contributed by atoms with Crippen molar-refractivity contribution in [1.82, 2.24) is 0 Å². The van der Waals surface area contributed by atoms with Gasteiger partial charge in [-0.2, -0.15) is 0 Å². The first-order valence-electron chi connectivity index (χ1n) is 29.8. The molecule has 0 spiro atoms. The molecule has 1 fully saturated rings. The first-order chi connectivity index (χ1) is 34.3. The molecule has 0 amide bonds. The van der Waals surface area contributed by atoms with E-state index < -0.39 is 0 Å². The zero-order chi connectivity index (χ0) is 50.3. The van der Waals surface area contributed by atoms with E-state index in [4.69, 9.17) is 9.47 Å². The van der Waals surface area contributed by atoms with Gasteiger partial charge in [-0.25, -0.2) is 0 Å². The zero-order valence-corrected chi connectivity index (χ0v) is 45.6. The zero-order valence-electron chi connectivity index (χ0n) is 45.6. The lowest BCUT2D eigenvalue weighted by Gasteiger charge is -2.47. The molecule has 0 bridgehead atoms. The van der Waals surface area contributed by atoms with Crippen LogP contribution in [0.5, 0.6) is 0 Å². The molecule has 2 aromatic carbocycles. The summed E-state index contributed by atoms with van der Waals surface area (Å²) in [5.74, 6) is 3.05. The summed E-state index contributed by atoms with van der Waals surface area (Å²) in [5.41, 5.74) is 1.92. The summed E-state index contributed by atoms with van der Waals surface area (Å²) >= 11 is 0. The summed E-state index contributed by atoms with van der Waals surface area (Å²) in [6.07, 6.45) is 39.4. The Bertz CT molecular complexity index is 1610. The summed E-state index contributed by atoms with van der Waals surface area (Å²) in [6, 6.07) is 19.5. The SMILES string of the molecule is CCCCCCCCC1C(CCCCCC)CCC(CCCCCCCC(=O)CC(CCCC)OC(=O)Cc2ccccc2)C1C(CCCCCC)C(=O)CCCCCCOC(=O)Cc1ccccc1. The predicted molar refractivity (Wildman–Crippen MR) is 293 cm³/mol. The lowest BCUT2D eigenvalue weighted by atomic mass is 9.57. The van der Waals surface area contributed by atoms with Gasteiger partial charge < -0.3 is 9.47 Å². The summed E-state index contributed by atoms with van der Waals surface area (Å²) in [4.78, 5) is 53.2. The Morgan fingerprint density at radius 3 is 1.60 bits per heavy atom. The van der Waals surface area contributed by atoms with E-state index in [0.29, 0.717) is 55.8 Å². The minimum Gasteiger partial charge on any atom is -0.465 e. The maximum atomic E-state index is 14.8. The van der Waals surface area contributed by atoms with Crippen LogP contribution in [0, 0.1) is 29.6 Å². The van der Waals surface area contributed by atoms with Gasteiger partial charge in [-0.3, -0.25) is 19.2 Å². The molecule has 0 radical (unpaired) electrons. The summed E-state index contributed by atoms with van der Waals surface area (Å²) in [6.45, 7) is 9.50. The van der Waals surface area contributed by atoms with Crippen molar-refractivity contribution in [3.8, 4) is 0 Å². The summed E-state index contributed by atoms with van der Waals surface area (Å²) in [7, 11) is 0. The van der Waals surface area contributed by atoms with Crippen molar-refractivity contribution < 1.29 is 28.7 Å². The highest BCUT2D eigenvalue weighted by molar-refractivity contribution is 5.81. The predicted octanol–water partition coefficient (Wildman–Crippen LogP) is 17.9. The smallest absolute Gasteiger partial charge is 0.310 e. The van der Waals surface area contributed by atoms with Crippen LogP contribution in [0.3, 0.4) is 0 Å². The van der Waals surface area contributed by atoms with E-state index in [2.05, 4.69) is 27.7 Å². The van der Waals surface area contributed by atoms with Crippen LogP contribution < -0.4 is 0 Å². The van der Waals surface area contributed by atoms with Gasteiger partial charge in [0.15, 0.2) is 0 Å². The number of rotatable bonds is 44. The average Bonchev–Trinajstić information content (AvgIpc) is 3.36. The first-order valence-corrected chi connectivity index (χ1v) is 29.8. The highest BCUT2D eigenvalue weighted by atomic mass is 16.5. The van der Waals surface area contributed by atoms with Crippen LogP contribution in [-0.4, -0.2) is 36.2 Å². The van der Waals surface area contributed by atoms with Crippen LogP contribution in [0.1, 0.15) is 264 Å². The van der Waals surface area contributed by atoms with Crippen LogP contribution in [0.25, 0.3) is 0 Å². The Labute approximate surface area is 429 Å². The van der Waals surface area contributed by atoms with Gasteiger partial charge in [-0.15, -0.1) is 0 Å². The molecule has 0 N–H and O–H groups in total. The Balaban J connectivity index is 1.63. The number of ether oxygens (including phenoxy) is 2. The fraction of sp³-hybridized carbons (Fsp3) is 0.750. The fourth-order valence-electron chi connectivity index (χ4n) is 11.8. The maximum Gasteiger partial charge on any atom is 0.310 e. The van der Waals surface area contributed by atoms with Crippen LogP contribution in [-0.2, 0) is 41.5 Å². The van der Waals surface area contributed by atoms with Crippen molar-refractivity contribution in [1.29, 1.82) is 0 Å². The maximum absolute atomic E-state index is 14.8. The van der Waals surface area contributed by atoms with E-state index in [1.54, 1.807) is 0 Å². The van der Waals surface area contributed by atoms with Gasteiger partial charge in [-0.1, -0.05) is 242 Å². The van der Waals surface area contributed by atoms with Crippen molar-refractivity contribution in [3.63, 3.8) is 0 Å². The Kier molecular flexibility index (Phi) is 35.1. The molecule has 6 unspecified atom stereocenters. The summed E-state index contributed by atoms with van der Waals surface area (Å²) < 4.78 is 11.4. The quantitative estimate of drug-likeness (QED) is 0.0486. The second-order valence-electron chi connectivity index (χ2n) is 21.7. The number of carbonyl (C=O) groups excluding carboxylic acids is 4. The van der Waals surface area contributed by atoms with Gasteiger partial charge >= 0.3 is 11.9 Å². The standard InChI is InChI=1S/C64H104O6/c1-5-9-13-16-20-33-44-59-55(40-29-14-10-6-2)47-48-56(41-30-18-17-19-31-42-57(65)52-58(43-12-8-4)70-63(68)51-54-38-27-24-28-39-54)64(59)60(45-32-15-11-7-3)61(66)46-34-21-22-35-49-69-62(67)50-53-36-25-23-26-37-53/h23-28,36-39,55-56,58-60,64H,5-22,29-35,40-52H2,1-4H3. The molecule has 0 aliphatic heterocycles. The normalized spacial score (nSPS) is 17.8. The van der Waals surface area contributed by atoms with Crippen LogP contribution >= 0.6 is 0 Å². The molecule has 1 aliphatic carbocycles. The first kappa shape index (κ1) is 61.0. The van der Waals surface area contributed by atoms with Gasteiger partial charge in [0.05, 0.1) is 19.4 Å². The molecule has 1 saturated carbocycles. The average molecular weight is 970 g/mol. The van der Waals surface area contributed by atoms with E-state index in [1.807, 2.05) is 60.7 Å². The van der Waals surface area contributed by atoms with E-state index >= 15 is 0 Å². The molecule has 70 heavy (non-hydrogen) atoms. The second-order valence-corrected chi connectivity index (χ2v) is 21.7. The van der Waals surface area contributed by atoms with Gasteiger partial charge in [-0.05, 0) is 86.2 Å². The van der Waals surface area contributed by atoms with Crippen molar-refractivity contribution >= 4 is 23.5 Å². The van der Waals surface area contributed by atoms with Crippen LogP contribution in [0.2, 0.25) is 0 Å². The van der Waals surface area contributed by atoms with Crippen molar-refractivity contribution in [2.45, 2.75) is 271 Å². The Hall–Kier alpha value is -3.28. The van der Waals surface area contributed by atoms with Crippen LogP contribution in [0.4, 0.5) is 0 Å². The molecule has 3 rings (SSSR count). The van der Waals surface area contributed by atoms with Gasteiger partial charge in [0.2, 0.25) is 0 Å².